The molecule has 0 saturated heterocycles. The van der Waals surface area contributed by atoms with Gasteiger partial charge in [-0.2, -0.15) is 0 Å². The standard InChI is InChI=1S/C10H17FN4O2S/c1-3-15(18(2,16)17)6-4-5-12-10-13-7-9(11)8-14-10/h7-8H,3-6H2,1-2H3,(H,12,13,14). The predicted molar refractivity (Wildman–Crippen MR) is 67.2 cm³/mol. The van der Waals surface area contributed by atoms with Crippen molar-refractivity contribution in [3.8, 4) is 0 Å². The average Bonchev–Trinajstić information content (AvgIpc) is 2.30. The maximum atomic E-state index is 12.5. The summed E-state index contributed by atoms with van der Waals surface area (Å²) in [6.07, 6.45) is 3.96. The minimum Gasteiger partial charge on any atom is -0.354 e. The van der Waals surface area contributed by atoms with Gasteiger partial charge >= 0.3 is 0 Å². The van der Waals surface area contributed by atoms with Crippen LogP contribution in [0.4, 0.5) is 10.3 Å². The third kappa shape index (κ3) is 4.92. The van der Waals surface area contributed by atoms with E-state index in [1.807, 2.05) is 0 Å². The van der Waals surface area contributed by atoms with Gasteiger partial charge in [0.05, 0.1) is 18.6 Å². The number of nitrogens with one attached hydrogen (secondary N) is 1. The van der Waals surface area contributed by atoms with E-state index in [9.17, 15) is 12.8 Å². The van der Waals surface area contributed by atoms with Crippen molar-refractivity contribution in [3.63, 3.8) is 0 Å². The summed E-state index contributed by atoms with van der Waals surface area (Å²) in [4.78, 5) is 7.47. The Morgan fingerprint density at radius 1 is 1.39 bits per heavy atom. The topological polar surface area (TPSA) is 75.2 Å². The summed E-state index contributed by atoms with van der Waals surface area (Å²) < 4.78 is 36.5. The molecule has 102 valence electrons. The van der Waals surface area contributed by atoms with Gasteiger partial charge in [0.25, 0.3) is 0 Å². The molecular formula is C10H17FN4O2S. The Morgan fingerprint density at radius 3 is 2.50 bits per heavy atom. The third-order valence-corrected chi connectivity index (χ3v) is 3.69. The normalized spacial score (nSPS) is 11.8. The highest BCUT2D eigenvalue weighted by Crippen LogP contribution is 2.01. The Hall–Kier alpha value is -1.28. The van der Waals surface area contributed by atoms with Crippen LogP contribution in [0, 0.1) is 5.82 Å². The molecule has 6 nitrogen and oxygen atoms in total. The first kappa shape index (κ1) is 14.8. The zero-order chi connectivity index (χ0) is 13.6. The molecule has 0 atom stereocenters. The summed E-state index contributed by atoms with van der Waals surface area (Å²) >= 11 is 0. The summed E-state index contributed by atoms with van der Waals surface area (Å²) in [6.45, 7) is 3.20. The number of hydrogen-bond acceptors (Lipinski definition) is 5. The van der Waals surface area contributed by atoms with Gasteiger partial charge in [0, 0.05) is 19.6 Å². The number of rotatable bonds is 7. The lowest BCUT2D eigenvalue weighted by atomic mass is 10.4. The van der Waals surface area contributed by atoms with E-state index < -0.39 is 15.8 Å². The second kappa shape index (κ2) is 6.60. The first-order valence-corrected chi connectivity index (χ1v) is 7.45. The molecule has 1 rings (SSSR count). The fraction of sp³-hybridized carbons (Fsp3) is 0.600. The van der Waals surface area contributed by atoms with E-state index in [4.69, 9.17) is 0 Å². The maximum absolute atomic E-state index is 12.5. The van der Waals surface area contributed by atoms with E-state index in [0.717, 1.165) is 12.4 Å². The van der Waals surface area contributed by atoms with E-state index in [2.05, 4.69) is 15.3 Å². The molecule has 1 N–H and O–H groups in total. The van der Waals surface area contributed by atoms with Gasteiger partial charge in [-0.3, -0.25) is 0 Å². The Morgan fingerprint density at radius 2 is 2.00 bits per heavy atom. The molecule has 8 heteroatoms. The molecule has 18 heavy (non-hydrogen) atoms. The molecule has 0 fully saturated rings. The van der Waals surface area contributed by atoms with E-state index in [1.54, 1.807) is 6.92 Å². The molecule has 0 aliphatic rings. The number of aromatic nitrogens is 2. The van der Waals surface area contributed by atoms with Crippen molar-refractivity contribution < 1.29 is 12.8 Å². The smallest absolute Gasteiger partial charge is 0.222 e. The molecular weight excluding hydrogens is 259 g/mol. The minimum absolute atomic E-state index is 0.332. The van der Waals surface area contributed by atoms with Crippen molar-refractivity contribution in [1.29, 1.82) is 0 Å². The molecule has 0 aromatic carbocycles. The number of hydrogen-bond donors (Lipinski definition) is 1. The van der Waals surface area contributed by atoms with Gasteiger partial charge in [-0.15, -0.1) is 0 Å². The number of halogens is 1. The maximum Gasteiger partial charge on any atom is 0.222 e. The van der Waals surface area contributed by atoms with Crippen LogP contribution in [0.5, 0.6) is 0 Å². The van der Waals surface area contributed by atoms with E-state index >= 15 is 0 Å². The van der Waals surface area contributed by atoms with Crippen molar-refractivity contribution in [2.75, 3.05) is 31.2 Å². The van der Waals surface area contributed by atoms with Gasteiger partial charge in [0.15, 0.2) is 5.82 Å². The Labute approximate surface area is 106 Å². The SMILES string of the molecule is CCN(CCCNc1ncc(F)cn1)S(C)(=O)=O. The van der Waals surface area contributed by atoms with Crippen molar-refractivity contribution in [1.82, 2.24) is 14.3 Å². The second-order valence-corrected chi connectivity index (χ2v) is 5.74. The van der Waals surface area contributed by atoms with Crippen LogP contribution >= 0.6 is 0 Å². The monoisotopic (exact) mass is 276 g/mol. The molecule has 0 radical (unpaired) electrons. The highest BCUT2D eigenvalue weighted by Gasteiger charge is 2.12. The van der Waals surface area contributed by atoms with Crippen LogP contribution in [0.1, 0.15) is 13.3 Å². The average molecular weight is 276 g/mol. The summed E-state index contributed by atoms with van der Waals surface area (Å²) in [6, 6.07) is 0. The molecule has 0 aliphatic carbocycles. The van der Waals surface area contributed by atoms with Crippen molar-refractivity contribution in [2.45, 2.75) is 13.3 Å². The molecule has 0 saturated carbocycles. The van der Waals surface area contributed by atoms with Crippen LogP contribution in [-0.4, -0.2) is 48.6 Å². The molecule has 1 heterocycles. The van der Waals surface area contributed by atoms with E-state index in [1.165, 1.54) is 10.6 Å². The highest BCUT2D eigenvalue weighted by atomic mass is 32.2. The first-order valence-electron chi connectivity index (χ1n) is 5.60. The zero-order valence-corrected chi connectivity index (χ0v) is 11.2. The lowest BCUT2D eigenvalue weighted by Gasteiger charge is -2.17. The summed E-state index contributed by atoms with van der Waals surface area (Å²) in [5, 5.41) is 2.89. The fourth-order valence-electron chi connectivity index (χ4n) is 1.42. The third-order valence-electron chi connectivity index (χ3n) is 2.31. The fourth-order valence-corrected chi connectivity index (χ4v) is 2.35. The lowest BCUT2D eigenvalue weighted by Crippen LogP contribution is -2.31. The predicted octanol–water partition coefficient (Wildman–Crippen LogP) is 0.699. The van der Waals surface area contributed by atoms with Crippen molar-refractivity contribution >= 4 is 16.0 Å². The Balaban J connectivity index is 2.32. The van der Waals surface area contributed by atoms with Gasteiger partial charge in [0.1, 0.15) is 0 Å². The molecule has 0 spiro atoms. The summed E-state index contributed by atoms with van der Waals surface area (Å²) in [5.41, 5.74) is 0. The van der Waals surface area contributed by atoms with E-state index in [0.29, 0.717) is 32.0 Å². The largest absolute Gasteiger partial charge is 0.354 e. The van der Waals surface area contributed by atoms with E-state index in [-0.39, 0.29) is 0 Å². The van der Waals surface area contributed by atoms with Gasteiger partial charge in [-0.05, 0) is 6.42 Å². The highest BCUT2D eigenvalue weighted by molar-refractivity contribution is 7.88. The number of nitrogens with zero attached hydrogens (tertiary/aromatic N) is 3. The molecule has 1 aromatic heterocycles. The second-order valence-electron chi connectivity index (χ2n) is 3.76. The minimum atomic E-state index is -3.14. The molecule has 0 aliphatic heterocycles. The van der Waals surface area contributed by atoms with Crippen LogP contribution in [0.15, 0.2) is 12.4 Å². The van der Waals surface area contributed by atoms with Crippen LogP contribution in [-0.2, 0) is 10.0 Å². The van der Waals surface area contributed by atoms with Crippen LogP contribution < -0.4 is 5.32 Å². The molecule has 0 amide bonds. The molecule has 0 unspecified atom stereocenters. The quantitative estimate of drug-likeness (QED) is 0.742. The molecule has 0 bridgehead atoms. The Kier molecular flexibility index (Phi) is 5.42. The van der Waals surface area contributed by atoms with Crippen molar-refractivity contribution in [3.05, 3.63) is 18.2 Å². The molecule has 1 aromatic rings. The van der Waals surface area contributed by atoms with Crippen LogP contribution in [0.3, 0.4) is 0 Å². The van der Waals surface area contributed by atoms with Gasteiger partial charge in [0.2, 0.25) is 16.0 Å². The number of sulfonamides is 1. The summed E-state index contributed by atoms with van der Waals surface area (Å²) in [5.74, 6) is -0.159. The van der Waals surface area contributed by atoms with Gasteiger partial charge in [-0.25, -0.2) is 27.1 Å². The number of anilines is 1. The van der Waals surface area contributed by atoms with Crippen LogP contribution in [0.2, 0.25) is 0 Å². The lowest BCUT2D eigenvalue weighted by molar-refractivity contribution is 0.428. The van der Waals surface area contributed by atoms with Crippen LogP contribution in [0.25, 0.3) is 0 Å². The van der Waals surface area contributed by atoms with Gasteiger partial charge < -0.3 is 5.32 Å². The Bertz CT molecular complexity index is 463. The van der Waals surface area contributed by atoms with Crippen molar-refractivity contribution in [2.24, 2.45) is 0 Å². The first-order chi connectivity index (χ1) is 8.43. The summed E-state index contributed by atoms with van der Waals surface area (Å²) in [7, 11) is -3.14. The van der Waals surface area contributed by atoms with Gasteiger partial charge in [-0.1, -0.05) is 6.92 Å². The zero-order valence-electron chi connectivity index (χ0n) is 10.4.